The molecule has 0 fully saturated rings. The molecule has 0 spiro atoms. The average molecular weight is 374 g/mol. The van der Waals surface area contributed by atoms with E-state index in [1.165, 1.54) is 12.1 Å². The molecular weight excluding hydrogens is 355 g/mol. The van der Waals surface area contributed by atoms with Crippen molar-refractivity contribution >= 4 is 17.1 Å². The van der Waals surface area contributed by atoms with E-state index < -0.39 is 0 Å². The third-order valence-electron chi connectivity index (χ3n) is 4.48. The van der Waals surface area contributed by atoms with Gasteiger partial charge in [-0.05, 0) is 42.0 Å². The Kier molecular flexibility index (Phi) is 5.10. The number of carbonyl (C=O) groups excluding carboxylic acids is 1. The lowest BCUT2D eigenvalue weighted by molar-refractivity contribution is -0.121. The van der Waals surface area contributed by atoms with Gasteiger partial charge in [0.25, 0.3) is 0 Å². The molecule has 0 saturated heterocycles. The van der Waals surface area contributed by atoms with E-state index in [2.05, 4.69) is 15.3 Å². The van der Waals surface area contributed by atoms with Crippen molar-refractivity contribution in [2.75, 3.05) is 0 Å². The molecule has 1 N–H and O–H groups in total. The van der Waals surface area contributed by atoms with E-state index in [4.69, 9.17) is 0 Å². The first-order valence-corrected chi connectivity index (χ1v) is 9.09. The maximum absolute atomic E-state index is 13.0. The van der Waals surface area contributed by atoms with Gasteiger partial charge in [-0.3, -0.25) is 9.36 Å². The number of nitrogens with one attached hydrogen (secondary N) is 1. The van der Waals surface area contributed by atoms with E-state index in [1.807, 2.05) is 47.0 Å². The van der Waals surface area contributed by atoms with Gasteiger partial charge in [0.2, 0.25) is 5.91 Å². The van der Waals surface area contributed by atoms with Gasteiger partial charge in [-0.1, -0.05) is 30.3 Å². The number of nitrogens with zero attached hydrogens (tertiary/aromatic N) is 3. The lowest BCUT2D eigenvalue weighted by Crippen LogP contribution is -2.23. The second kappa shape index (κ2) is 8.00. The summed E-state index contributed by atoms with van der Waals surface area (Å²) in [5.41, 5.74) is 3.39. The van der Waals surface area contributed by atoms with E-state index >= 15 is 0 Å². The summed E-state index contributed by atoms with van der Waals surface area (Å²) in [6.07, 6.45) is 2.53. The van der Waals surface area contributed by atoms with E-state index in [-0.39, 0.29) is 11.7 Å². The highest BCUT2D eigenvalue weighted by Crippen LogP contribution is 2.20. The summed E-state index contributed by atoms with van der Waals surface area (Å²) >= 11 is 0. The van der Waals surface area contributed by atoms with Gasteiger partial charge < -0.3 is 5.32 Å². The maximum atomic E-state index is 13.0. The lowest BCUT2D eigenvalue weighted by atomic mass is 10.2. The molecular formula is C22H19FN4O. The zero-order chi connectivity index (χ0) is 19.3. The number of hydrogen-bond acceptors (Lipinski definition) is 3. The zero-order valence-corrected chi connectivity index (χ0v) is 15.2. The second-order valence-corrected chi connectivity index (χ2v) is 6.45. The van der Waals surface area contributed by atoms with Crippen LogP contribution in [0.1, 0.15) is 17.8 Å². The number of imidazole rings is 1. The zero-order valence-electron chi connectivity index (χ0n) is 15.2. The molecule has 4 aromatic rings. The largest absolute Gasteiger partial charge is 0.352 e. The molecule has 0 radical (unpaired) electrons. The number of rotatable bonds is 6. The Balaban J connectivity index is 1.48. The highest BCUT2D eigenvalue weighted by molar-refractivity contribution is 5.77. The Morgan fingerprint density at radius 1 is 1.00 bits per heavy atom. The van der Waals surface area contributed by atoms with Gasteiger partial charge in [-0.15, -0.1) is 0 Å². The van der Waals surface area contributed by atoms with E-state index in [0.717, 1.165) is 28.2 Å². The standard InChI is InChI=1S/C22H19FN4O/c23-17-10-8-16(9-11-17)15-25-21(28)13-12-20-26-19-7-4-14-24-22(19)27(20)18-5-2-1-3-6-18/h1-11,14H,12-13,15H2,(H,25,28). The highest BCUT2D eigenvalue weighted by Gasteiger charge is 2.14. The Hall–Kier alpha value is -3.54. The van der Waals surface area contributed by atoms with Crippen LogP contribution in [0.15, 0.2) is 72.9 Å². The van der Waals surface area contributed by atoms with Crippen molar-refractivity contribution in [3.05, 3.63) is 90.1 Å². The fraction of sp³-hybridized carbons (Fsp3) is 0.136. The topological polar surface area (TPSA) is 59.8 Å². The number of aryl methyl sites for hydroxylation is 1. The quantitative estimate of drug-likeness (QED) is 0.558. The summed E-state index contributed by atoms with van der Waals surface area (Å²) < 4.78 is 14.9. The number of hydrogen-bond donors (Lipinski definition) is 1. The number of amides is 1. The molecule has 4 rings (SSSR count). The molecule has 140 valence electrons. The molecule has 2 aromatic heterocycles. The van der Waals surface area contributed by atoms with E-state index in [0.29, 0.717) is 19.4 Å². The van der Waals surface area contributed by atoms with Gasteiger partial charge in [0.05, 0.1) is 0 Å². The van der Waals surface area contributed by atoms with Crippen molar-refractivity contribution in [1.29, 1.82) is 0 Å². The molecule has 0 aliphatic heterocycles. The third-order valence-corrected chi connectivity index (χ3v) is 4.48. The van der Waals surface area contributed by atoms with E-state index in [9.17, 15) is 9.18 Å². The van der Waals surface area contributed by atoms with Crippen LogP contribution in [-0.4, -0.2) is 20.4 Å². The molecule has 2 heterocycles. The normalized spacial score (nSPS) is 10.9. The van der Waals surface area contributed by atoms with Crippen LogP contribution in [0.4, 0.5) is 4.39 Å². The van der Waals surface area contributed by atoms with Crippen LogP contribution < -0.4 is 5.32 Å². The molecule has 0 atom stereocenters. The summed E-state index contributed by atoms with van der Waals surface area (Å²) in [4.78, 5) is 21.4. The molecule has 6 heteroatoms. The minimum atomic E-state index is -0.288. The number of benzene rings is 2. The van der Waals surface area contributed by atoms with Crippen molar-refractivity contribution in [2.45, 2.75) is 19.4 Å². The van der Waals surface area contributed by atoms with Crippen LogP contribution in [0.3, 0.4) is 0 Å². The third kappa shape index (κ3) is 3.91. The smallest absolute Gasteiger partial charge is 0.220 e. The lowest BCUT2D eigenvalue weighted by Gasteiger charge is -2.09. The number of pyridine rings is 1. The number of halogens is 1. The van der Waals surface area contributed by atoms with Gasteiger partial charge in [0.1, 0.15) is 17.2 Å². The molecule has 0 bridgehead atoms. The first kappa shape index (κ1) is 17.9. The fourth-order valence-corrected chi connectivity index (χ4v) is 3.09. The molecule has 0 saturated carbocycles. The molecule has 1 amide bonds. The first-order valence-electron chi connectivity index (χ1n) is 9.09. The van der Waals surface area contributed by atoms with Crippen molar-refractivity contribution < 1.29 is 9.18 Å². The second-order valence-electron chi connectivity index (χ2n) is 6.45. The van der Waals surface area contributed by atoms with Crippen LogP contribution in [0, 0.1) is 5.82 Å². The predicted molar refractivity (Wildman–Crippen MR) is 105 cm³/mol. The van der Waals surface area contributed by atoms with Crippen LogP contribution >= 0.6 is 0 Å². The maximum Gasteiger partial charge on any atom is 0.220 e. The Labute approximate surface area is 161 Å². The van der Waals surface area contributed by atoms with Crippen molar-refractivity contribution in [1.82, 2.24) is 19.9 Å². The van der Waals surface area contributed by atoms with Crippen LogP contribution in [0.2, 0.25) is 0 Å². The van der Waals surface area contributed by atoms with Crippen LogP contribution in [0.25, 0.3) is 16.9 Å². The van der Waals surface area contributed by atoms with Gasteiger partial charge in [0.15, 0.2) is 5.65 Å². The van der Waals surface area contributed by atoms with Crippen molar-refractivity contribution in [3.63, 3.8) is 0 Å². The predicted octanol–water partition coefficient (Wildman–Crippen LogP) is 3.81. The van der Waals surface area contributed by atoms with Crippen molar-refractivity contribution in [2.24, 2.45) is 0 Å². The fourth-order valence-electron chi connectivity index (χ4n) is 3.09. The molecule has 2 aromatic carbocycles. The average Bonchev–Trinajstić information content (AvgIpc) is 3.11. The van der Waals surface area contributed by atoms with E-state index in [1.54, 1.807) is 18.3 Å². The summed E-state index contributed by atoms with van der Waals surface area (Å²) in [5, 5.41) is 2.87. The molecule has 0 aliphatic rings. The van der Waals surface area contributed by atoms with Gasteiger partial charge >= 0.3 is 0 Å². The molecule has 28 heavy (non-hydrogen) atoms. The minimum Gasteiger partial charge on any atom is -0.352 e. The Morgan fingerprint density at radius 2 is 1.79 bits per heavy atom. The molecule has 0 aliphatic carbocycles. The molecule has 0 unspecified atom stereocenters. The SMILES string of the molecule is O=C(CCc1nc2cccnc2n1-c1ccccc1)NCc1ccc(F)cc1. The van der Waals surface area contributed by atoms with Crippen LogP contribution in [0.5, 0.6) is 0 Å². The summed E-state index contributed by atoms with van der Waals surface area (Å²) in [6, 6.07) is 19.7. The van der Waals surface area contributed by atoms with Gasteiger partial charge in [0, 0.05) is 31.3 Å². The summed E-state index contributed by atoms with van der Waals surface area (Å²) in [6.45, 7) is 0.371. The van der Waals surface area contributed by atoms with Gasteiger partial charge in [-0.25, -0.2) is 14.4 Å². The summed E-state index contributed by atoms with van der Waals surface area (Å²) in [7, 11) is 0. The summed E-state index contributed by atoms with van der Waals surface area (Å²) in [5.74, 6) is 0.421. The highest BCUT2D eigenvalue weighted by atomic mass is 19.1. The number of carbonyl (C=O) groups is 1. The Bertz CT molecular complexity index is 1090. The van der Waals surface area contributed by atoms with Crippen molar-refractivity contribution in [3.8, 4) is 5.69 Å². The monoisotopic (exact) mass is 374 g/mol. The van der Waals surface area contributed by atoms with Crippen LogP contribution in [-0.2, 0) is 17.8 Å². The molecule has 5 nitrogen and oxygen atoms in total. The minimum absolute atomic E-state index is 0.0797. The Morgan fingerprint density at radius 3 is 2.57 bits per heavy atom. The number of fused-ring (bicyclic) bond motifs is 1. The first-order chi connectivity index (χ1) is 13.7. The number of para-hydroxylation sites is 1. The number of aromatic nitrogens is 3. The van der Waals surface area contributed by atoms with Gasteiger partial charge in [-0.2, -0.15) is 0 Å².